The molecular formula is C24H17ClF3NO4. The predicted molar refractivity (Wildman–Crippen MR) is 115 cm³/mol. The number of carbonyl (C=O) groups is 1. The number of alkyl halides is 3. The van der Waals surface area contributed by atoms with Gasteiger partial charge in [-0.2, -0.15) is 13.2 Å². The van der Waals surface area contributed by atoms with Gasteiger partial charge in [-0.15, -0.1) is 0 Å². The van der Waals surface area contributed by atoms with Gasteiger partial charge in [0.25, 0.3) is 5.91 Å². The number of ether oxygens (including phenoxy) is 3. The SMILES string of the molecule is Cc1cc(Cl)ccc1O[C@@H]1C(=O)N(c2cccc(C(F)(F)F)c2)[C@H]1c1ccc2c(c1)OCO2. The van der Waals surface area contributed by atoms with Crippen LogP contribution in [0.15, 0.2) is 60.7 Å². The Balaban J connectivity index is 1.54. The van der Waals surface area contributed by atoms with Gasteiger partial charge in [0.15, 0.2) is 11.5 Å². The van der Waals surface area contributed by atoms with Gasteiger partial charge in [-0.05, 0) is 66.6 Å². The van der Waals surface area contributed by atoms with Crippen molar-refractivity contribution < 1.29 is 32.2 Å². The molecule has 0 spiro atoms. The van der Waals surface area contributed by atoms with E-state index < -0.39 is 29.8 Å². The maximum atomic E-state index is 13.3. The Morgan fingerprint density at radius 1 is 1.03 bits per heavy atom. The van der Waals surface area contributed by atoms with E-state index in [2.05, 4.69) is 0 Å². The fourth-order valence-electron chi connectivity index (χ4n) is 4.00. The van der Waals surface area contributed by atoms with Gasteiger partial charge in [0.05, 0.1) is 5.56 Å². The van der Waals surface area contributed by atoms with E-state index in [-0.39, 0.29) is 12.5 Å². The summed E-state index contributed by atoms with van der Waals surface area (Å²) < 4.78 is 56.7. The lowest BCUT2D eigenvalue weighted by Gasteiger charge is -2.47. The molecule has 1 fully saturated rings. The van der Waals surface area contributed by atoms with Crippen molar-refractivity contribution in [3.05, 3.63) is 82.4 Å². The van der Waals surface area contributed by atoms with Gasteiger partial charge in [-0.3, -0.25) is 9.69 Å². The smallest absolute Gasteiger partial charge is 0.416 e. The molecule has 0 saturated carbocycles. The van der Waals surface area contributed by atoms with Gasteiger partial charge < -0.3 is 14.2 Å². The van der Waals surface area contributed by atoms with Crippen LogP contribution in [-0.4, -0.2) is 18.8 Å². The van der Waals surface area contributed by atoms with Gasteiger partial charge in [0.2, 0.25) is 12.9 Å². The summed E-state index contributed by atoms with van der Waals surface area (Å²) in [6, 6.07) is 14.2. The average Bonchev–Trinajstić information content (AvgIpc) is 3.24. The molecule has 0 N–H and O–H groups in total. The maximum absolute atomic E-state index is 13.3. The first kappa shape index (κ1) is 21.5. The van der Waals surface area contributed by atoms with Crippen molar-refractivity contribution >= 4 is 23.2 Å². The number of benzene rings is 3. The molecular weight excluding hydrogens is 459 g/mol. The normalized spacial score (nSPS) is 19.4. The molecule has 2 heterocycles. The minimum Gasteiger partial charge on any atom is -0.478 e. The van der Waals surface area contributed by atoms with Crippen LogP contribution in [0.3, 0.4) is 0 Å². The predicted octanol–water partition coefficient (Wildman–Crippen LogP) is 5.93. The molecule has 3 aromatic rings. The Hall–Kier alpha value is -3.39. The van der Waals surface area contributed by atoms with E-state index >= 15 is 0 Å². The highest BCUT2D eigenvalue weighted by atomic mass is 35.5. The number of amides is 1. The third-order valence-electron chi connectivity index (χ3n) is 5.63. The lowest BCUT2D eigenvalue weighted by molar-refractivity contribution is -0.138. The van der Waals surface area contributed by atoms with Crippen molar-refractivity contribution in [2.24, 2.45) is 0 Å². The molecule has 5 rings (SSSR count). The number of anilines is 1. The summed E-state index contributed by atoms with van der Waals surface area (Å²) in [5, 5.41) is 0.526. The summed E-state index contributed by atoms with van der Waals surface area (Å²) in [5.41, 5.74) is 0.672. The van der Waals surface area contributed by atoms with Gasteiger partial charge in [-0.25, -0.2) is 0 Å². The summed E-state index contributed by atoms with van der Waals surface area (Å²) in [6.45, 7) is 1.87. The zero-order chi connectivity index (χ0) is 23.3. The third-order valence-corrected chi connectivity index (χ3v) is 5.86. The number of hydrogen-bond acceptors (Lipinski definition) is 4. The van der Waals surface area contributed by atoms with Crippen molar-refractivity contribution in [1.82, 2.24) is 0 Å². The Morgan fingerprint density at radius 2 is 1.82 bits per heavy atom. The van der Waals surface area contributed by atoms with E-state index in [0.29, 0.717) is 27.8 Å². The number of nitrogens with zero attached hydrogens (tertiary/aromatic N) is 1. The maximum Gasteiger partial charge on any atom is 0.416 e. The van der Waals surface area contributed by atoms with Crippen LogP contribution in [0.2, 0.25) is 5.02 Å². The molecule has 3 aromatic carbocycles. The van der Waals surface area contributed by atoms with Gasteiger partial charge >= 0.3 is 6.18 Å². The number of fused-ring (bicyclic) bond motifs is 1. The molecule has 0 aliphatic carbocycles. The van der Waals surface area contributed by atoms with Crippen LogP contribution in [-0.2, 0) is 11.0 Å². The molecule has 5 nitrogen and oxygen atoms in total. The zero-order valence-electron chi connectivity index (χ0n) is 17.2. The second-order valence-corrected chi connectivity index (χ2v) is 8.20. The highest BCUT2D eigenvalue weighted by Gasteiger charge is 2.51. The number of halogens is 4. The lowest BCUT2D eigenvalue weighted by atomic mass is 9.89. The van der Waals surface area contributed by atoms with E-state index in [1.165, 1.54) is 17.0 Å². The summed E-state index contributed by atoms with van der Waals surface area (Å²) in [5.74, 6) is 1.07. The van der Waals surface area contributed by atoms with Crippen LogP contribution in [0.25, 0.3) is 0 Å². The lowest BCUT2D eigenvalue weighted by Crippen LogP contribution is -2.61. The summed E-state index contributed by atoms with van der Waals surface area (Å²) in [7, 11) is 0. The third kappa shape index (κ3) is 3.84. The van der Waals surface area contributed by atoms with E-state index in [9.17, 15) is 18.0 Å². The molecule has 0 radical (unpaired) electrons. The first-order valence-electron chi connectivity index (χ1n) is 10.0. The first-order chi connectivity index (χ1) is 15.7. The first-order valence-corrected chi connectivity index (χ1v) is 10.4. The number of hydrogen-bond donors (Lipinski definition) is 0. The molecule has 2 aliphatic rings. The topological polar surface area (TPSA) is 48.0 Å². The molecule has 2 atom stereocenters. The van der Waals surface area contributed by atoms with Crippen molar-refractivity contribution in [2.75, 3.05) is 11.7 Å². The minimum absolute atomic E-state index is 0.0730. The average molecular weight is 476 g/mol. The molecule has 1 amide bonds. The Labute approximate surface area is 192 Å². The molecule has 0 aromatic heterocycles. The van der Waals surface area contributed by atoms with E-state index in [0.717, 1.165) is 17.7 Å². The fraction of sp³-hybridized carbons (Fsp3) is 0.208. The molecule has 2 aliphatic heterocycles. The van der Waals surface area contributed by atoms with Crippen LogP contribution >= 0.6 is 11.6 Å². The van der Waals surface area contributed by atoms with E-state index in [1.54, 1.807) is 43.3 Å². The summed E-state index contributed by atoms with van der Waals surface area (Å²) >= 11 is 6.02. The minimum atomic E-state index is -4.53. The number of aryl methyl sites for hydroxylation is 1. The van der Waals surface area contributed by atoms with Crippen LogP contribution in [0, 0.1) is 6.92 Å². The van der Waals surface area contributed by atoms with Gasteiger partial charge in [0.1, 0.15) is 11.8 Å². The number of rotatable bonds is 4. The van der Waals surface area contributed by atoms with Crippen LogP contribution in [0.5, 0.6) is 17.2 Å². The standard InChI is InChI=1S/C24H17ClF3NO4/c1-13-9-16(25)6-8-18(13)33-22-21(14-5-7-19-20(10-14)32-12-31-19)29(23(22)30)17-4-2-3-15(11-17)24(26,27)28/h2-11,21-22H,12H2,1H3/t21-,22-/m0/s1. The number of β-lactam (4-membered cyclic amide) rings is 1. The molecule has 33 heavy (non-hydrogen) atoms. The van der Waals surface area contributed by atoms with Crippen molar-refractivity contribution in [1.29, 1.82) is 0 Å². The van der Waals surface area contributed by atoms with E-state index in [1.807, 2.05) is 0 Å². The fourth-order valence-corrected chi connectivity index (χ4v) is 4.23. The second-order valence-electron chi connectivity index (χ2n) is 7.76. The van der Waals surface area contributed by atoms with E-state index in [4.69, 9.17) is 25.8 Å². The molecule has 170 valence electrons. The highest BCUT2D eigenvalue weighted by molar-refractivity contribution is 6.30. The quantitative estimate of drug-likeness (QED) is 0.439. The molecule has 0 bridgehead atoms. The Kier molecular flexibility index (Phi) is 5.12. The van der Waals surface area contributed by atoms with Crippen molar-refractivity contribution in [2.45, 2.75) is 25.2 Å². The number of carbonyl (C=O) groups excluding carboxylic acids is 1. The molecule has 0 unspecified atom stereocenters. The monoisotopic (exact) mass is 475 g/mol. The Morgan fingerprint density at radius 3 is 2.58 bits per heavy atom. The van der Waals surface area contributed by atoms with Gasteiger partial charge in [0, 0.05) is 10.7 Å². The summed E-state index contributed by atoms with van der Waals surface area (Å²) in [6.07, 6.45) is -5.48. The van der Waals surface area contributed by atoms with Crippen LogP contribution in [0.4, 0.5) is 18.9 Å². The van der Waals surface area contributed by atoms with Gasteiger partial charge in [-0.1, -0.05) is 23.7 Å². The Bertz CT molecular complexity index is 1250. The zero-order valence-corrected chi connectivity index (χ0v) is 18.0. The second kappa shape index (κ2) is 7.88. The largest absolute Gasteiger partial charge is 0.478 e. The molecule has 9 heteroatoms. The highest BCUT2D eigenvalue weighted by Crippen LogP contribution is 2.45. The van der Waals surface area contributed by atoms with Crippen LogP contribution in [0.1, 0.15) is 22.7 Å². The van der Waals surface area contributed by atoms with Crippen LogP contribution < -0.4 is 19.1 Å². The molecule has 1 saturated heterocycles. The van der Waals surface area contributed by atoms with Crippen molar-refractivity contribution in [3.8, 4) is 17.2 Å². The summed E-state index contributed by atoms with van der Waals surface area (Å²) in [4.78, 5) is 14.5. The van der Waals surface area contributed by atoms with Crippen molar-refractivity contribution in [3.63, 3.8) is 0 Å².